The lowest BCUT2D eigenvalue weighted by molar-refractivity contribution is -0.111. The predicted molar refractivity (Wildman–Crippen MR) is 128 cm³/mol. The molecule has 0 aliphatic carbocycles. The fourth-order valence-corrected chi connectivity index (χ4v) is 3.51. The first-order valence-corrected chi connectivity index (χ1v) is 10.2. The third-order valence-electron chi connectivity index (χ3n) is 5.19. The molecule has 0 radical (unpaired) electrons. The Hall–Kier alpha value is -4.91. The summed E-state index contributed by atoms with van der Waals surface area (Å²) in [6, 6.07) is 13.7. The largest absolute Gasteiger partial charge is 0.495 e. The summed E-state index contributed by atoms with van der Waals surface area (Å²) < 4.78 is 5.39. The van der Waals surface area contributed by atoms with Crippen LogP contribution in [-0.4, -0.2) is 36.1 Å². The molecule has 34 heavy (non-hydrogen) atoms. The second-order valence-corrected chi connectivity index (χ2v) is 7.37. The van der Waals surface area contributed by atoms with E-state index in [0.717, 1.165) is 5.56 Å². The van der Waals surface area contributed by atoms with Crippen molar-refractivity contribution in [1.29, 1.82) is 5.26 Å². The lowest BCUT2D eigenvalue weighted by atomic mass is 10.1. The average Bonchev–Trinajstić information content (AvgIpc) is 2.86. The zero-order valence-corrected chi connectivity index (χ0v) is 18.6. The molecule has 3 amide bonds. The van der Waals surface area contributed by atoms with Gasteiger partial charge in [0.25, 0.3) is 0 Å². The Morgan fingerprint density at radius 3 is 2.85 bits per heavy atom. The molecule has 1 aromatic heterocycles. The number of carbonyl (C=O) groups excluding carboxylic acids is 2. The molecule has 1 aliphatic heterocycles. The number of nitrogens with zero attached hydrogens (tertiary/aromatic N) is 5. The Kier molecular flexibility index (Phi) is 6.09. The Morgan fingerprint density at radius 1 is 1.29 bits per heavy atom. The van der Waals surface area contributed by atoms with Crippen molar-refractivity contribution in [2.24, 2.45) is 0 Å². The van der Waals surface area contributed by atoms with Gasteiger partial charge in [-0.25, -0.2) is 9.78 Å². The van der Waals surface area contributed by atoms with Crippen molar-refractivity contribution in [3.05, 3.63) is 72.4 Å². The number of carbonyl (C=O) groups is 2. The van der Waals surface area contributed by atoms with Crippen LogP contribution >= 0.6 is 0 Å². The monoisotopic (exact) mass is 455 g/mol. The van der Waals surface area contributed by atoms with Gasteiger partial charge < -0.3 is 15.4 Å². The van der Waals surface area contributed by atoms with Gasteiger partial charge >= 0.3 is 6.03 Å². The number of hydrogen-bond acceptors (Lipinski definition) is 7. The Bertz CT molecular complexity index is 1330. The van der Waals surface area contributed by atoms with Gasteiger partial charge in [-0.3, -0.25) is 14.6 Å². The van der Waals surface area contributed by atoms with Crippen molar-refractivity contribution in [3.63, 3.8) is 0 Å². The smallest absolute Gasteiger partial charge is 0.330 e. The SMILES string of the molecule is C=CC(=O)Nc1ccc(OC)c(Nc2ncc3c(n2)N(C)C(=O)N(c2cccc(C#N)c2)C3)c1. The van der Waals surface area contributed by atoms with E-state index < -0.39 is 0 Å². The number of nitriles is 1. The third-order valence-corrected chi connectivity index (χ3v) is 5.19. The minimum absolute atomic E-state index is 0.254. The maximum absolute atomic E-state index is 13.1. The quantitative estimate of drug-likeness (QED) is 0.542. The van der Waals surface area contributed by atoms with Crippen molar-refractivity contribution in [2.75, 3.05) is 34.6 Å². The van der Waals surface area contributed by atoms with Crippen molar-refractivity contribution in [3.8, 4) is 11.8 Å². The molecule has 1 aliphatic rings. The summed E-state index contributed by atoms with van der Waals surface area (Å²) in [5, 5.41) is 14.9. The van der Waals surface area contributed by atoms with Crippen LogP contribution in [0.1, 0.15) is 11.1 Å². The van der Waals surface area contributed by atoms with E-state index in [9.17, 15) is 14.9 Å². The minimum Gasteiger partial charge on any atom is -0.495 e. The topological polar surface area (TPSA) is 123 Å². The van der Waals surface area contributed by atoms with Crippen LogP contribution in [0.4, 0.5) is 33.6 Å². The molecule has 2 N–H and O–H groups in total. The number of rotatable bonds is 6. The van der Waals surface area contributed by atoms with Gasteiger partial charge in [0.15, 0.2) is 0 Å². The van der Waals surface area contributed by atoms with Gasteiger partial charge in [0.05, 0.1) is 31.0 Å². The Balaban J connectivity index is 1.62. The van der Waals surface area contributed by atoms with Gasteiger partial charge in [0.1, 0.15) is 11.6 Å². The first-order valence-electron chi connectivity index (χ1n) is 10.2. The summed E-state index contributed by atoms with van der Waals surface area (Å²) in [7, 11) is 3.16. The number of anilines is 5. The van der Waals surface area contributed by atoms with Gasteiger partial charge in [-0.1, -0.05) is 12.6 Å². The third kappa shape index (κ3) is 4.35. The number of benzene rings is 2. The molecule has 2 heterocycles. The summed E-state index contributed by atoms with van der Waals surface area (Å²) in [4.78, 5) is 36.6. The standard InChI is InChI=1S/C24H21N7O3/c1-4-21(32)27-17-8-9-20(34-3)19(11-17)28-23-26-13-16-14-31(24(33)30(2)22(16)29-23)18-7-5-6-15(10-18)12-25/h4-11,13H,1,14H2,2-3H3,(H,27,32)(H,26,28,29). The van der Waals surface area contributed by atoms with E-state index in [1.807, 2.05) is 0 Å². The van der Waals surface area contributed by atoms with Crippen molar-refractivity contribution in [2.45, 2.75) is 6.54 Å². The normalized spacial score (nSPS) is 12.4. The number of fused-ring (bicyclic) bond motifs is 1. The van der Waals surface area contributed by atoms with E-state index >= 15 is 0 Å². The summed E-state index contributed by atoms with van der Waals surface area (Å²) in [5.74, 6) is 0.895. The van der Waals surface area contributed by atoms with Crippen molar-refractivity contribution in [1.82, 2.24) is 9.97 Å². The van der Waals surface area contributed by atoms with Gasteiger partial charge in [-0.2, -0.15) is 10.2 Å². The molecule has 4 rings (SSSR count). The molecule has 170 valence electrons. The van der Waals surface area contributed by atoms with E-state index in [4.69, 9.17) is 4.74 Å². The number of aromatic nitrogens is 2. The predicted octanol–water partition coefficient (Wildman–Crippen LogP) is 3.80. The number of urea groups is 1. The van der Waals surface area contributed by atoms with Gasteiger partial charge in [0.2, 0.25) is 11.9 Å². The average molecular weight is 455 g/mol. The molecule has 0 atom stereocenters. The molecule has 0 saturated heterocycles. The van der Waals surface area contributed by atoms with Crippen LogP contribution in [0.15, 0.2) is 61.3 Å². The number of methoxy groups -OCH3 is 1. The molecule has 0 spiro atoms. The van der Waals surface area contributed by atoms with Crippen LogP contribution in [0, 0.1) is 11.3 Å². The first kappa shape index (κ1) is 22.3. The first-order chi connectivity index (χ1) is 16.4. The minimum atomic E-state index is -0.342. The van der Waals surface area contributed by atoms with Crippen LogP contribution in [0.2, 0.25) is 0 Å². The highest BCUT2D eigenvalue weighted by Crippen LogP contribution is 2.33. The zero-order chi connectivity index (χ0) is 24.2. The van der Waals surface area contributed by atoms with Crippen molar-refractivity contribution < 1.29 is 14.3 Å². The van der Waals surface area contributed by atoms with Crippen LogP contribution in [0.3, 0.4) is 0 Å². The van der Waals surface area contributed by atoms with Crippen LogP contribution in [0.25, 0.3) is 0 Å². The number of ether oxygens (including phenoxy) is 1. The van der Waals surface area contributed by atoms with Crippen molar-refractivity contribution >= 4 is 40.8 Å². The molecule has 0 saturated carbocycles. The van der Waals surface area contributed by atoms with E-state index in [1.54, 1.807) is 60.6 Å². The lowest BCUT2D eigenvalue weighted by Gasteiger charge is -2.34. The molecule has 0 bridgehead atoms. The van der Waals surface area contributed by atoms with E-state index in [2.05, 4.69) is 33.2 Å². The molecule has 0 unspecified atom stereocenters. The Labute approximate surface area is 196 Å². The molecule has 10 nitrogen and oxygen atoms in total. The summed E-state index contributed by atoms with van der Waals surface area (Å²) in [6.45, 7) is 3.71. The van der Waals surface area contributed by atoms with E-state index in [-0.39, 0.29) is 24.4 Å². The lowest BCUT2D eigenvalue weighted by Crippen LogP contribution is -2.46. The zero-order valence-electron chi connectivity index (χ0n) is 18.6. The van der Waals surface area contributed by atoms with Gasteiger partial charge in [-0.15, -0.1) is 0 Å². The van der Waals surface area contributed by atoms with E-state index in [1.165, 1.54) is 18.1 Å². The van der Waals surface area contributed by atoms with Gasteiger partial charge in [0, 0.05) is 30.2 Å². The molecular weight excluding hydrogens is 434 g/mol. The molecule has 10 heteroatoms. The molecular formula is C24H21N7O3. The second kappa shape index (κ2) is 9.30. The number of nitrogens with one attached hydrogen (secondary N) is 2. The second-order valence-electron chi connectivity index (χ2n) is 7.37. The fraction of sp³-hybridized carbons (Fsp3) is 0.125. The maximum atomic E-state index is 13.1. The highest BCUT2D eigenvalue weighted by molar-refractivity contribution is 6.05. The fourth-order valence-electron chi connectivity index (χ4n) is 3.51. The van der Waals surface area contributed by atoms with Crippen LogP contribution < -0.4 is 25.2 Å². The maximum Gasteiger partial charge on any atom is 0.330 e. The highest BCUT2D eigenvalue weighted by atomic mass is 16.5. The summed E-state index contributed by atoms with van der Waals surface area (Å²) in [6.07, 6.45) is 2.82. The summed E-state index contributed by atoms with van der Waals surface area (Å²) in [5.41, 5.74) is 2.90. The molecule has 3 aromatic rings. The highest BCUT2D eigenvalue weighted by Gasteiger charge is 2.30. The van der Waals surface area contributed by atoms with Crippen LogP contribution in [-0.2, 0) is 11.3 Å². The number of hydrogen-bond donors (Lipinski definition) is 2. The molecule has 0 fully saturated rings. The Morgan fingerprint density at radius 2 is 2.12 bits per heavy atom. The van der Waals surface area contributed by atoms with E-state index in [0.29, 0.717) is 34.2 Å². The number of amides is 3. The summed E-state index contributed by atoms with van der Waals surface area (Å²) >= 11 is 0. The van der Waals surface area contributed by atoms with Crippen LogP contribution in [0.5, 0.6) is 5.75 Å². The van der Waals surface area contributed by atoms with Gasteiger partial charge in [-0.05, 0) is 42.5 Å². The molecule has 2 aromatic carbocycles.